The van der Waals surface area contributed by atoms with E-state index in [1.807, 2.05) is 50.2 Å². The topological polar surface area (TPSA) is 67.5 Å². The van der Waals surface area contributed by atoms with Gasteiger partial charge < -0.3 is 10.2 Å². The molecule has 3 atom stereocenters. The number of hydrogen-bond acceptors (Lipinski definition) is 4. The van der Waals surface area contributed by atoms with E-state index in [-0.39, 0.29) is 18.1 Å². The van der Waals surface area contributed by atoms with Gasteiger partial charge in [0.05, 0.1) is 23.7 Å². The highest BCUT2D eigenvalue weighted by Gasteiger charge is 2.35. The molecule has 1 aliphatic heterocycles. The Balaban J connectivity index is 1.45. The van der Waals surface area contributed by atoms with Crippen LogP contribution in [0, 0.1) is 11.3 Å². The molecule has 0 spiro atoms. The summed E-state index contributed by atoms with van der Waals surface area (Å²) in [6, 6.07) is 31.6. The lowest BCUT2D eigenvalue weighted by molar-refractivity contribution is 0.0319. The SMILES string of the molecule is CC(C)(C#N)c1ccc(C(O)CCCN2CCC(O)CC2C(c2ccccc2)c2ccccc2)cc1. The summed E-state index contributed by atoms with van der Waals surface area (Å²) in [5.74, 6) is 0.184. The van der Waals surface area contributed by atoms with E-state index in [9.17, 15) is 15.5 Å². The highest BCUT2D eigenvalue weighted by molar-refractivity contribution is 5.35. The van der Waals surface area contributed by atoms with Gasteiger partial charge in [0.1, 0.15) is 0 Å². The van der Waals surface area contributed by atoms with Gasteiger partial charge in [-0.3, -0.25) is 4.90 Å². The van der Waals surface area contributed by atoms with E-state index < -0.39 is 11.5 Å². The Morgan fingerprint density at radius 2 is 1.50 bits per heavy atom. The molecule has 0 amide bonds. The summed E-state index contributed by atoms with van der Waals surface area (Å²) in [6.45, 7) is 5.55. The van der Waals surface area contributed by atoms with Crippen LogP contribution < -0.4 is 0 Å². The van der Waals surface area contributed by atoms with E-state index in [4.69, 9.17) is 0 Å². The van der Waals surface area contributed by atoms with Crippen LogP contribution in [-0.2, 0) is 5.41 Å². The number of benzene rings is 3. The fourth-order valence-electron chi connectivity index (χ4n) is 5.45. The van der Waals surface area contributed by atoms with Gasteiger partial charge in [0.2, 0.25) is 0 Å². The Kier molecular flexibility index (Phi) is 8.59. The fraction of sp³-hybridized carbons (Fsp3) is 0.406. The molecule has 0 bridgehead atoms. The number of aliphatic hydroxyl groups excluding tert-OH is 2. The van der Waals surface area contributed by atoms with Crippen molar-refractivity contribution in [2.75, 3.05) is 13.1 Å². The Morgan fingerprint density at radius 1 is 0.917 bits per heavy atom. The van der Waals surface area contributed by atoms with Crippen LogP contribution in [-0.4, -0.2) is 40.3 Å². The van der Waals surface area contributed by atoms with Crippen LogP contribution in [0.2, 0.25) is 0 Å². The van der Waals surface area contributed by atoms with Crippen molar-refractivity contribution >= 4 is 0 Å². The van der Waals surface area contributed by atoms with Crippen LogP contribution in [0.4, 0.5) is 0 Å². The van der Waals surface area contributed by atoms with Gasteiger partial charge in [0.15, 0.2) is 0 Å². The van der Waals surface area contributed by atoms with E-state index in [0.717, 1.165) is 43.5 Å². The minimum absolute atomic E-state index is 0.184. The lowest BCUT2D eigenvalue weighted by Crippen LogP contribution is -2.48. The van der Waals surface area contributed by atoms with Gasteiger partial charge in [-0.2, -0.15) is 5.26 Å². The largest absolute Gasteiger partial charge is 0.393 e. The van der Waals surface area contributed by atoms with Crippen molar-refractivity contribution in [2.45, 2.75) is 69.1 Å². The minimum Gasteiger partial charge on any atom is -0.393 e. The summed E-state index contributed by atoms with van der Waals surface area (Å²) >= 11 is 0. The maximum absolute atomic E-state index is 10.9. The number of hydrogen-bond donors (Lipinski definition) is 2. The predicted octanol–water partition coefficient (Wildman–Crippen LogP) is 5.96. The second kappa shape index (κ2) is 11.8. The van der Waals surface area contributed by atoms with Crippen LogP contribution in [0.25, 0.3) is 0 Å². The lowest BCUT2D eigenvalue weighted by atomic mass is 9.79. The third-order valence-corrected chi connectivity index (χ3v) is 7.65. The quantitative estimate of drug-likeness (QED) is 0.395. The molecule has 2 N–H and O–H groups in total. The standard InChI is InChI=1S/C32H38N2O2/c1-32(2,23-33)27-17-15-24(16-18-27)30(36)14-9-20-34-21-19-28(35)22-29(34)31(25-10-5-3-6-11-25)26-12-7-4-8-13-26/h3-8,10-13,15-18,28-31,35-36H,9,14,19-22H2,1-2H3. The molecule has 1 heterocycles. The highest BCUT2D eigenvalue weighted by Crippen LogP contribution is 2.36. The summed E-state index contributed by atoms with van der Waals surface area (Å²) in [7, 11) is 0. The molecule has 3 aromatic carbocycles. The first-order valence-corrected chi connectivity index (χ1v) is 13.1. The Morgan fingerprint density at radius 3 is 2.06 bits per heavy atom. The Labute approximate surface area is 215 Å². The average molecular weight is 483 g/mol. The number of rotatable bonds is 9. The van der Waals surface area contributed by atoms with Crippen LogP contribution >= 0.6 is 0 Å². The summed E-state index contributed by atoms with van der Waals surface area (Å²) in [5.41, 5.74) is 3.86. The second-order valence-corrected chi connectivity index (χ2v) is 10.6. The molecule has 4 rings (SSSR count). The van der Waals surface area contributed by atoms with Crippen molar-refractivity contribution in [3.05, 3.63) is 107 Å². The average Bonchev–Trinajstić information content (AvgIpc) is 2.91. The Hall–Kier alpha value is -2.97. The number of piperidine rings is 1. The smallest absolute Gasteiger partial charge is 0.0790 e. The summed E-state index contributed by atoms with van der Waals surface area (Å²) < 4.78 is 0. The molecule has 0 aliphatic carbocycles. The molecule has 3 unspecified atom stereocenters. The molecular formula is C32H38N2O2. The number of nitrogens with zero attached hydrogens (tertiary/aromatic N) is 2. The molecule has 3 aromatic rings. The third-order valence-electron chi connectivity index (χ3n) is 7.65. The highest BCUT2D eigenvalue weighted by atomic mass is 16.3. The van der Waals surface area contributed by atoms with Gasteiger partial charge >= 0.3 is 0 Å². The molecule has 0 aromatic heterocycles. The molecule has 4 nitrogen and oxygen atoms in total. The maximum atomic E-state index is 10.9. The number of likely N-dealkylation sites (tertiary alicyclic amines) is 1. The van der Waals surface area contributed by atoms with Gasteiger partial charge in [-0.15, -0.1) is 0 Å². The molecular weight excluding hydrogens is 444 g/mol. The number of nitriles is 1. The molecule has 36 heavy (non-hydrogen) atoms. The Bertz CT molecular complexity index is 1080. The first-order valence-electron chi connectivity index (χ1n) is 13.1. The lowest BCUT2D eigenvalue weighted by Gasteiger charge is -2.43. The molecule has 0 saturated carbocycles. The van der Waals surface area contributed by atoms with E-state index in [2.05, 4.69) is 59.5 Å². The summed E-state index contributed by atoms with van der Waals surface area (Å²) in [6.07, 6.45) is 2.25. The maximum Gasteiger partial charge on any atom is 0.0790 e. The molecule has 4 heteroatoms. The predicted molar refractivity (Wildman–Crippen MR) is 145 cm³/mol. The molecule has 0 radical (unpaired) electrons. The zero-order valence-corrected chi connectivity index (χ0v) is 21.4. The van der Waals surface area contributed by atoms with E-state index >= 15 is 0 Å². The van der Waals surface area contributed by atoms with Gasteiger partial charge in [-0.1, -0.05) is 84.9 Å². The minimum atomic E-state index is -0.536. The third kappa shape index (κ3) is 6.23. The summed E-state index contributed by atoms with van der Waals surface area (Å²) in [5, 5.41) is 30.8. The van der Waals surface area contributed by atoms with Gasteiger partial charge in [0, 0.05) is 18.5 Å². The zero-order chi connectivity index (χ0) is 25.5. The van der Waals surface area contributed by atoms with Crippen molar-refractivity contribution in [2.24, 2.45) is 0 Å². The first-order chi connectivity index (χ1) is 17.4. The van der Waals surface area contributed by atoms with Gasteiger partial charge in [0.25, 0.3) is 0 Å². The van der Waals surface area contributed by atoms with Crippen molar-refractivity contribution in [1.29, 1.82) is 5.26 Å². The van der Waals surface area contributed by atoms with E-state index in [1.165, 1.54) is 11.1 Å². The molecule has 1 fully saturated rings. The molecule has 1 aliphatic rings. The van der Waals surface area contributed by atoms with Crippen molar-refractivity contribution in [3.8, 4) is 6.07 Å². The zero-order valence-electron chi connectivity index (χ0n) is 21.4. The van der Waals surface area contributed by atoms with Crippen molar-refractivity contribution < 1.29 is 10.2 Å². The normalized spacial score (nSPS) is 19.7. The number of aliphatic hydroxyl groups is 2. The van der Waals surface area contributed by atoms with Crippen LogP contribution in [0.15, 0.2) is 84.9 Å². The van der Waals surface area contributed by atoms with E-state index in [0.29, 0.717) is 6.42 Å². The van der Waals surface area contributed by atoms with Gasteiger partial charge in [-0.25, -0.2) is 0 Å². The summed E-state index contributed by atoms with van der Waals surface area (Å²) in [4.78, 5) is 2.52. The molecule has 1 saturated heterocycles. The monoisotopic (exact) mass is 482 g/mol. The van der Waals surface area contributed by atoms with Crippen LogP contribution in [0.1, 0.15) is 73.8 Å². The fourth-order valence-corrected chi connectivity index (χ4v) is 5.45. The van der Waals surface area contributed by atoms with Crippen LogP contribution in [0.3, 0.4) is 0 Å². The second-order valence-electron chi connectivity index (χ2n) is 10.6. The van der Waals surface area contributed by atoms with Crippen LogP contribution in [0.5, 0.6) is 0 Å². The molecule has 188 valence electrons. The first kappa shape index (κ1) is 26.1. The van der Waals surface area contributed by atoms with E-state index in [1.54, 1.807) is 0 Å². The van der Waals surface area contributed by atoms with Gasteiger partial charge in [-0.05, 0) is 68.3 Å². The van der Waals surface area contributed by atoms with Crippen molar-refractivity contribution in [1.82, 2.24) is 4.90 Å². The van der Waals surface area contributed by atoms with Crippen molar-refractivity contribution in [3.63, 3.8) is 0 Å².